The van der Waals surface area contributed by atoms with E-state index in [2.05, 4.69) is 43.0 Å². The maximum absolute atomic E-state index is 10.5. The van der Waals surface area contributed by atoms with Gasteiger partial charge in [-0.3, -0.25) is 4.90 Å². The highest BCUT2D eigenvalue weighted by Gasteiger charge is 2.33. The third-order valence-corrected chi connectivity index (χ3v) is 6.70. The summed E-state index contributed by atoms with van der Waals surface area (Å²) in [6.45, 7) is 2.35. The minimum atomic E-state index is -0.985. The number of nitrogens with one attached hydrogen (secondary N) is 1. The number of carboxylic acid groups (broad SMARTS) is 1. The predicted octanol–water partition coefficient (Wildman–Crippen LogP) is 3.40. The summed E-state index contributed by atoms with van der Waals surface area (Å²) in [5.74, 6) is 0.629. The van der Waals surface area contributed by atoms with E-state index < -0.39 is 5.97 Å². The lowest BCUT2D eigenvalue weighted by Gasteiger charge is -2.30. The molecule has 0 bridgehead atoms. The molecule has 1 unspecified atom stereocenters. The van der Waals surface area contributed by atoms with Gasteiger partial charge in [0.2, 0.25) is 0 Å². The van der Waals surface area contributed by atoms with Crippen molar-refractivity contribution in [2.45, 2.75) is 48.6 Å². The van der Waals surface area contributed by atoms with Crippen LogP contribution < -0.4 is 5.32 Å². The number of alkyl halides is 1. The highest BCUT2D eigenvalue weighted by atomic mass is 127. The Balaban J connectivity index is 1.52. The van der Waals surface area contributed by atoms with Crippen LogP contribution in [0.3, 0.4) is 0 Å². The van der Waals surface area contributed by atoms with Gasteiger partial charge in [-0.1, -0.05) is 41.9 Å². The number of likely N-dealkylation sites (tertiary alicyclic amines) is 1. The van der Waals surface area contributed by atoms with Gasteiger partial charge in [0.05, 0.1) is 15.8 Å². The van der Waals surface area contributed by atoms with E-state index in [9.17, 15) is 4.79 Å². The lowest BCUT2D eigenvalue weighted by molar-refractivity contribution is -0.131. The van der Waals surface area contributed by atoms with Gasteiger partial charge in [-0.2, -0.15) is 0 Å². The molecule has 0 amide bonds. The molecule has 0 spiro atoms. The Bertz CT molecular complexity index is 602. The molecular formula is C18H25IN4O2. The van der Waals surface area contributed by atoms with Crippen molar-refractivity contribution in [3.8, 4) is 0 Å². The zero-order valence-electron chi connectivity index (χ0n) is 14.3. The van der Waals surface area contributed by atoms with Crippen molar-refractivity contribution in [3.63, 3.8) is 0 Å². The fourth-order valence-electron chi connectivity index (χ4n) is 3.71. The summed E-state index contributed by atoms with van der Waals surface area (Å²) in [6.07, 6.45) is 10.6. The molecule has 1 aromatic rings. The van der Waals surface area contributed by atoms with E-state index in [0.29, 0.717) is 15.8 Å². The molecule has 2 N–H and O–H groups in total. The Labute approximate surface area is 162 Å². The molecule has 1 saturated carbocycles. The van der Waals surface area contributed by atoms with Gasteiger partial charge in [-0.15, -0.1) is 10.2 Å². The topological polar surface area (TPSA) is 78.4 Å². The molecule has 136 valence electrons. The van der Waals surface area contributed by atoms with Gasteiger partial charge < -0.3 is 10.4 Å². The van der Waals surface area contributed by atoms with Crippen LogP contribution in [0.1, 0.15) is 44.2 Å². The van der Waals surface area contributed by atoms with Crippen LogP contribution in [0.25, 0.3) is 6.08 Å². The largest absolute Gasteiger partial charge is 0.478 e. The van der Waals surface area contributed by atoms with E-state index >= 15 is 0 Å². The second-order valence-corrected chi connectivity index (χ2v) is 8.20. The Morgan fingerprint density at radius 3 is 2.76 bits per heavy atom. The number of rotatable bonds is 6. The predicted molar refractivity (Wildman–Crippen MR) is 107 cm³/mol. The average Bonchev–Trinajstić information content (AvgIpc) is 2.95. The van der Waals surface area contributed by atoms with Gasteiger partial charge in [0, 0.05) is 19.2 Å². The highest BCUT2D eigenvalue weighted by molar-refractivity contribution is 14.1. The van der Waals surface area contributed by atoms with Crippen molar-refractivity contribution in [2.75, 3.05) is 18.4 Å². The number of halogens is 1. The summed E-state index contributed by atoms with van der Waals surface area (Å²) in [7, 11) is 0. The summed E-state index contributed by atoms with van der Waals surface area (Å²) in [5, 5.41) is 20.3. The first-order chi connectivity index (χ1) is 12.1. The second kappa shape index (κ2) is 8.93. The van der Waals surface area contributed by atoms with Crippen molar-refractivity contribution >= 4 is 40.5 Å². The normalized spacial score (nSPS) is 25.5. The van der Waals surface area contributed by atoms with E-state index in [1.54, 1.807) is 6.07 Å². The Morgan fingerprint density at radius 1 is 1.28 bits per heavy atom. The monoisotopic (exact) mass is 456 g/mol. The van der Waals surface area contributed by atoms with Gasteiger partial charge in [-0.25, -0.2) is 4.79 Å². The van der Waals surface area contributed by atoms with E-state index in [1.807, 2.05) is 6.07 Å². The molecule has 1 aliphatic carbocycles. The summed E-state index contributed by atoms with van der Waals surface area (Å²) >= 11 is 2.55. The molecule has 0 aromatic carbocycles. The van der Waals surface area contributed by atoms with Gasteiger partial charge >= 0.3 is 5.97 Å². The first kappa shape index (κ1) is 18.6. The van der Waals surface area contributed by atoms with Crippen LogP contribution in [0.2, 0.25) is 0 Å². The molecule has 6 nitrogen and oxygen atoms in total. The number of hydrogen-bond acceptors (Lipinski definition) is 5. The zero-order chi connectivity index (χ0) is 17.6. The number of anilines is 1. The molecule has 1 aromatic heterocycles. The molecule has 25 heavy (non-hydrogen) atoms. The molecule has 3 rings (SSSR count). The molecule has 2 heterocycles. The van der Waals surface area contributed by atoms with Gasteiger partial charge in [-0.05, 0) is 43.4 Å². The minimum absolute atomic E-state index is 0.374. The smallest absolute Gasteiger partial charge is 0.328 e. The van der Waals surface area contributed by atoms with E-state index in [4.69, 9.17) is 5.11 Å². The van der Waals surface area contributed by atoms with Gasteiger partial charge in [0.25, 0.3) is 0 Å². The molecule has 1 aliphatic heterocycles. The lowest BCUT2D eigenvalue weighted by atomic mass is 9.89. The van der Waals surface area contributed by atoms with Crippen molar-refractivity contribution in [2.24, 2.45) is 5.92 Å². The third-order valence-electron chi connectivity index (χ3n) is 5.04. The lowest BCUT2D eigenvalue weighted by Crippen LogP contribution is -2.37. The van der Waals surface area contributed by atoms with Gasteiger partial charge in [0.15, 0.2) is 0 Å². The average molecular weight is 456 g/mol. The van der Waals surface area contributed by atoms with Crippen LogP contribution in [0.15, 0.2) is 18.2 Å². The van der Waals surface area contributed by atoms with Crippen LogP contribution in [0.5, 0.6) is 0 Å². The number of aromatic nitrogens is 2. The maximum Gasteiger partial charge on any atom is 0.328 e. The quantitative estimate of drug-likeness (QED) is 0.296. The first-order valence-corrected chi connectivity index (χ1v) is 10.3. The SMILES string of the molecule is O=C(O)C=Cc1ccc(N[C@@H]2CCN(CC3CCCCC3)C2I)nn1. The minimum Gasteiger partial charge on any atom is -0.478 e. The summed E-state index contributed by atoms with van der Waals surface area (Å²) in [4.78, 5) is 13.1. The zero-order valence-corrected chi connectivity index (χ0v) is 16.4. The van der Waals surface area contributed by atoms with Crippen LogP contribution >= 0.6 is 22.6 Å². The Morgan fingerprint density at radius 2 is 2.08 bits per heavy atom. The maximum atomic E-state index is 10.5. The Kier molecular flexibility index (Phi) is 6.63. The molecule has 2 atom stereocenters. The molecule has 2 fully saturated rings. The molecule has 2 aliphatic rings. The van der Waals surface area contributed by atoms with Crippen LogP contribution in [0, 0.1) is 5.92 Å². The van der Waals surface area contributed by atoms with Crippen LogP contribution in [-0.2, 0) is 4.79 Å². The highest BCUT2D eigenvalue weighted by Crippen LogP contribution is 2.30. The summed E-state index contributed by atoms with van der Waals surface area (Å²) in [5.41, 5.74) is 0.546. The molecule has 0 radical (unpaired) electrons. The van der Waals surface area contributed by atoms with Gasteiger partial charge in [0.1, 0.15) is 5.82 Å². The van der Waals surface area contributed by atoms with E-state index in [-0.39, 0.29) is 0 Å². The van der Waals surface area contributed by atoms with Crippen molar-refractivity contribution in [1.29, 1.82) is 0 Å². The van der Waals surface area contributed by atoms with Crippen LogP contribution in [-0.4, -0.2) is 49.4 Å². The van der Waals surface area contributed by atoms with E-state index in [0.717, 1.165) is 30.8 Å². The van der Waals surface area contributed by atoms with Crippen molar-refractivity contribution in [1.82, 2.24) is 15.1 Å². The molecule has 7 heteroatoms. The molecular weight excluding hydrogens is 431 g/mol. The summed E-state index contributed by atoms with van der Waals surface area (Å²) in [6, 6.07) is 4.02. The van der Waals surface area contributed by atoms with Crippen molar-refractivity contribution < 1.29 is 9.90 Å². The summed E-state index contributed by atoms with van der Waals surface area (Å²) < 4.78 is 0.466. The first-order valence-electron chi connectivity index (χ1n) is 9.01. The number of carbonyl (C=O) groups is 1. The second-order valence-electron chi connectivity index (χ2n) is 6.93. The Hall–Kier alpha value is -1.22. The number of aliphatic carboxylic acids is 1. The fourth-order valence-corrected chi connectivity index (χ4v) is 4.75. The number of carboxylic acids is 1. The van der Waals surface area contributed by atoms with Crippen LogP contribution in [0.4, 0.5) is 5.82 Å². The standard InChI is InChI=1S/C18H25IN4O2/c19-18-15(10-11-23(18)12-13-4-2-1-3-5-13)20-16-8-6-14(21-22-16)7-9-17(24)25/h6-9,13,15,18H,1-5,10-12H2,(H,20,22)(H,24,25)/t15-,18?/m1/s1. The van der Waals surface area contributed by atoms with E-state index in [1.165, 1.54) is 44.7 Å². The molecule has 1 saturated heterocycles. The van der Waals surface area contributed by atoms with Crippen molar-refractivity contribution in [3.05, 3.63) is 23.9 Å². The fraction of sp³-hybridized carbons (Fsp3) is 0.611. The number of nitrogens with zero attached hydrogens (tertiary/aromatic N) is 3. The number of hydrogen-bond donors (Lipinski definition) is 2. The third kappa shape index (κ3) is 5.37.